The zero-order valence-electron chi connectivity index (χ0n) is 16.3. The number of thiocarbonyl (C=S) groups is 1. The molecule has 1 amide bonds. The minimum Gasteiger partial charge on any atom is -0.493 e. The minimum atomic E-state index is -0.124. The summed E-state index contributed by atoms with van der Waals surface area (Å²) in [5.41, 5.74) is 0.811. The molecular weight excluding hydrogens is 442 g/mol. The van der Waals surface area contributed by atoms with Crippen molar-refractivity contribution in [2.75, 3.05) is 26.9 Å². The second-order valence-electron chi connectivity index (χ2n) is 6.12. The molecule has 0 saturated carbocycles. The van der Waals surface area contributed by atoms with Crippen molar-refractivity contribution in [2.45, 2.75) is 0 Å². The number of para-hydroxylation sites is 1. The van der Waals surface area contributed by atoms with Crippen LogP contribution in [0.25, 0.3) is 6.08 Å². The first-order valence-corrected chi connectivity index (χ1v) is 10.7. The van der Waals surface area contributed by atoms with Gasteiger partial charge in [-0.1, -0.05) is 59.9 Å². The SMILES string of the molecule is C=CCN1C(=O)/C(=C/c2ccc(OCCOc3ccccc3Cl)c(OC)c2)SC1=S. The van der Waals surface area contributed by atoms with Crippen LogP contribution < -0.4 is 14.2 Å². The number of ether oxygens (including phenoxy) is 3. The second kappa shape index (κ2) is 10.5. The molecule has 0 bridgehead atoms. The molecule has 8 heteroatoms. The lowest BCUT2D eigenvalue weighted by Crippen LogP contribution is -2.27. The van der Waals surface area contributed by atoms with Crippen LogP contribution in [0.3, 0.4) is 0 Å². The van der Waals surface area contributed by atoms with Crippen LogP contribution >= 0.6 is 35.6 Å². The van der Waals surface area contributed by atoms with Gasteiger partial charge in [0.1, 0.15) is 23.3 Å². The van der Waals surface area contributed by atoms with E-state index in [1.807, 2.05) is 24.3 Å². The predicted octanol–water partition coefficient (Wildman–Crippen LogP) is 5.19. The first kappa shape index (κ1) is 22.2. The smallest absolute Gasteiger partial charge is 0.266 e. The molecule has 0 aliphatic carbocycles. The van der Waals surface area contributed by atoms with Gasteiger partial charge in [-0.25, -0.2) is 0 Å². The number of halogens is 1. The number of amides is 1. The molecule has 0 atom stereocenters. The Morgan fingerprint density at radius 3 is 2.57 bits per heavy atom. The average Bonchev–Trinajstić information content (AvgIpc) is 3.00. The summed E-state index contributed by atoms with van der Waals surface area (Å²) in [5.74, 6) is 1.62. The summed E-state index contributed by atoms with van der Waals surface area (Å²) < 4.78 is 17.4. The van der Waals surface area contributed by atoms with E-state index < -0.39 is 0 Å². The number of rotatable bonds is 9. The third kappa shape index (κ3) is 5.36. The fourth-order valence-electron chi connectivity index (χ4n) is 2.70. The normalized spacial score (nSPS) is 14.9. The number of benzene rings is 2. The Balaban J connectivity index is 1.63. The lowest BCUT2D eigenvalue weighted by molar-refractivity contribution is -0.121. The van der Waals surface area contributed by atoms with Crippen molar-refractivity contribution in [1.82, 2.24) is 4.90 Å². The molecular formula is C22H20ClNO4S2. The van der Waals surface area contributed by atoms with E-state index in [9.17, 15) is 4.79 Å². The summed E-state index contributed by atoms with van der Waals surface area (Å²) in [5, 5.41) is 0.554. The number of nitrogens with zero attached hydrogens (tertiary/aromatic N) is 1. The van der Waals surface area contributed by atoms with Crippen molar-refractivity contribution in [3.05, 3.63) is 70.6 Å². The summed E-state index contributed by atoms with van der Waals surface area (Å²) in [4.78, 5) is 14.6. The summed E-state index contributed by atoms with van der Waals surface area (Å²) in [6, 6.07) is 12.7. The van der Waals surface area contributed by atoms with Crippen LogP contribution in [0.2, 0.25) is 5.02 Å². The fraction of sp³-hybridized carbons (Fsp3) is 0.182. The van der Waals surface area contributed by atoms with E-state index in [0.717, 1.165) is 5.56 Å². The minimum absolute atomic E-state index is 0.124. The van der Waals surface area contributed by atoms with Gasteiger partial charge in [0.15, 0.2) is 11.5 Å². The molecule has 0 unspecified atom stereocenters. The quantitative estimate of drug-likeness (QED) is 0.221. The zero-order valence-corrected chi connectivity index (χ0v) is 18.7. The van der Waals surface area contributed by atoms with Gasteiger partial charge in [-0.3, -0.25) is 9.69 Å². The Morgan fingerprint density at radius 1 is 1.13 bits per heavy atom. The number of methoxy groups -OCH3 is 1. The highest BCUT2D eigenvalue weighted by Crippen LogP contribution is 2.34. The lowest BCUT2D eigenvalue weighted by Gasteiger charge is -2.13. The molecule has 0 radical (unpaired) electrons. The molecule has 1 aliphatic rings. The van der Waals surface area contributed by atoms with E-state index in [2.05, 4.69) is 6.58 Å². The van der Waals surface area contributed by atoms with Gasteiger partial charge < -0.3 is 14.2 Å². The number of carbonyl (C=O) groups is 1. The van der Waals surface area contributed by atoms with E-state index in [1.54, 1.807) is 37.5 Å². The molecule has 5 nitrogen and oxygen atoms in total. The third-order valence-electron chi connectivity index (χ3n) is 4.11. The van der Waals surface area contributed by atoms with Gasteiger partial charge in [0.25, 0.3) is 5.91 Å². The highest BCUT2D eigenvalue weighted by atomic mass is 35.5. The van der Waals surface area contributed by atoms with Crippen LogP contribution in [-0.4, -0.2) is 42.0 Å². The molecule has 2 aromatic carbocycles. The monoisotopic (exact) mass is 461 g/mol. The summed E-state index contributed by atoms with van der Waals surface area (Å²) in [6.07, 6.45) is 3.44. The van der Waals surface area contributed by atoms with Gasteiger partial charge in [-0.05, 0) is 35.9 Å². The highest BCUT2D eigenvalue weighted by Gasteiger charge is 2.30. The molecule has 1 saturated heterocycles. The third-order valence-corrected chi connectivity index (χ3v) is 5.80. The van der Waals surface area contributed by atoms with E-state index in [1.165, 1.54) is 16.7 Å². The molecule has 0 spiro atoms. The molecule has 1 aliphatic heterocycles. The Labute approximate surface area is 190 Å². The molecule has 1 heterocycles. The molecule has 30 heavy (non-hydrogen) atoms. The van der Waals surface area contributed by atoms with Crippen molar-refractivity contribution >= 4 is 51.9 Å². The van der Waals surface area contributed by atoms with E-state index in [4.69, 9.17) is 38.0 Å². The summed E-state index contributed by atoms with van der Waals surface area (Å²) >= 11 is 12.6. The van der Waals surface area contributed by atoms with Crippen LogP contribution in [-0.2, 0) is 4.79 Å². The predicted molar refractivity (Wildman–Crippen MR) is 126 cm³/mol. The van der Waals surface area contributed by atoms with Crippen molar-refractivity contribution < 1.29 is 19.0 Å². The number of hydrogen-bond acceptors (Lipinski definition) is 6. The Morgan fingerprint density at radius 2 is 1.87 bits per heavy atom. The van der Waals surface area contributed by atoms with Crippen molar-refractivity contribution in [2.24, 2.45) is 0 Å². The van der Waals surface area contributed by atoms with Crippen LogP contribution in [0.15, 0.2) is 60.0 Å². The first-order valence-electron chi connectivity index (χ1n) is 9.08. The van der Waals surface area contributed by atoms with Gasteiger partial charge in [0.2, 0.25) is 0 Å². The molecule has 156 valence electrons. The molecule has 0 N–H and O–H groups in total. The van der Waals surface area contributed by atoms with E-state index >= 15 is 0 Å². The Kier molecular flexibility index (Phi) is 7.79. The number of carbonyl (C=O) groups excluding carboxylic acids is 1. The van der Waals surface area contributed by atoms with E-state index in [0.29, 0.717) is 51.3 Å². The van der Waals surface area contributed by atoms with Gasteiger partial charge >= 0.3 is 0 Å². The molecule has 1 fully saturated rings. The van der Waals surface area contributed by atoms with Crippen molar-refractivity contribution in [3.8, 4) is 17.2 Å². The van der Waals surface area contributed by atoms with Gasteiger partial charge in [0.05, 0.1) is 17.0 Å². The fourth-order valence-corrected chi connectivity index (χ4v) is 4.16. The Hall–Kier alpha value is -2.48. The maximum Gasteiger partial charge on any atom is 0.266 e. The van der Waals surface area contributed by atoms with Gasteiger partial charge in [-0.2, -0.15) is 0 Å². The second-order valence-corrected chi connectivity index (χ2v) is 8.20. The summed E-state index contributed by atoms with van der Waals surface area (Å²) in [6.45, 7) is 4.71. The van der Waals surface area contributed by atoms with Gasteiger partial charge in [-0.15, -0.1) is 6.58 Å². The van der Waals surface area contributed by atoms with Crippen molar-refractivity contribution in [1.29, 1.82) is 0 Å². The Bertz CT molecular complexity index is 993. The number of thioether (sulfide) groups is 1. The van der Waals surface area contributed by atoms with Crippen LogP contribution in [0.4, 0.5) is 0 Å². The van der Waals surface area contributed by atoms with Crippen LogP contribution in [0, 0.1) is 0 Å². The van der Waals surface area contributed by atoms with Gasteiger partial charge in [0, 0.05) is 6.54 Å². The standard InChI is InChI=1S/C22H20ClNO4S2/c1-3-10-24-21(25)20(30-22(24)29)14-15-8-9-18(19(13-15)26-2)28-12-11-27-17-7-5-4-6-16(17)23/h3-9,13-14H,1,10-12H2,2H3/b20-14-. The lowest BCUT2D eigenvalue weighted by atomic mass is 10.2. The largest absolute Gasteiger partial charge is 0.493 e. The topological polar surface area (TPSA) is 48.0 Å². The maximum atomic E-state index is 12.5. The highest BCUT2D eigenvalue weighted by molar-refractivity contribution is 8.26. The summed E-state index contributed by atoms with van der Waals surface area (Å²) in [7, 11) is 1.57. The molecule has 0 aromatic heterocycles. The zero-order chi connectivity index (χ0) is 21.5. The van der Waals surface area contributed by atoms with Crippen LogP contribution in [0.5, 0.6) is 17.2 Å². The molecule has 2 aromatic rings. The van der Waals surface area contributed by atoms with Crippen molar-refractivity contribution in [3.63, 3.8) is 0 Å². The number of hydrogen-bond donors (Lipinski definition) is 0. The average molecular weight is 462 g/mol. The molecule has 3 rings (SSSR count). The van der Waals surface area contributed by atoms with Crippen LogP contribution in [0.1, 0.15) is 5.56 Å². The maximum absolute atomic E-state index is 12.5. The first-order chi connectivity index (χ1) is 14.5. The van der Waals surface area contributed by atoms with E-state index in [-0.39, 0.29) is 5.91 Å².